The fourth-order valence-corrected chi connectivity index (χ4v) is 3.43. The van der Waals surface area contributed by atoms with Gasteiger partial charge in [-0.05, 0) is 42.5 Å². The van der Waals surface area contributed by atoms with Gasteiger partial charge in [0.2, 0.25) is 0 Å². The minimum atomic E-state index is -0.201. The van der Waals surface area contributed by atoms with E-state index < -0.39 is 0 Å². The van der Waals surface area contributed by atoms with E-state index in [-0.39, 0.29) is 6.03 Å². The molecule has 148 valence electrons. The summed E-state index contributed by atoms with van der Waals surface area (Å²) in [4.78, 5) is 20.4. The van der Waals surface area contributed by atoms with Gasteiger partial charge in [0, 0.05) is 49.2 Å². The summed E-state index contributed by atoms with van der Waals surface area (Å²) >= 11 is 12.1. The number of aromatic nitrogens is 3. The summed E-state index contributed by atoms with van der Waals surface area (Å²) in [5.74, 6) is 0.792. The third kappa shape index (κ3) is 4.58. The maximum absolute atomic E-state index is 12.5. The number of rotatable bonds is 3. The topological polar surface area (TPSA) is 74.2 Å². The van der Waals surface area contributed by atoms with Crippen LogP contribution in [-0.2, 0) is 0 Å². The van der Waals surface area contributed by atoms with Crippen molar-refractivity contribution in [2.75, 3.05) is 36.4 Å². The van der Waals surface area contributed by atoms with Crippen LogP contribution in [0, 0.1) is 0 Å². The lowest BCUT2D eigenvalue weighted by Gasteiger charge is -2.35. The van der Waals surface area contributed by atoms with Crippen LogP contribution in [0.2, 0.25) is 10.0 Å². The molecule has 1 fully saturated rings. The highest BCUT2D eigenvalue weighted by atomic mass is 35.5. The third-order valence-electron chi connectivity index (χ3n) is 4.69. The second-order valence-corrected chi connectivity index (χ2v) is 7.38. The van der Waals surface area contributed by atoms with Gasteiger partial charge in [-0.15, -0.1) is 10.2 Å². The number of nitrogens with zero attached hydrogens (tertiary/aromatic N) is 5. The quantitative estimate of drug-likeness (QED) is 0.676. The fraction of sp³-hybridized carbons (Fsp3) is 0.200. The average Bonchev–Trinajstić information content (AvgIpc) is 2.77. The van der Waals surface area contributed by atoms with E-state index >= 15 is 0 Å². The van der Waals surface area contributed by atoms with E-state index in [1.165, 1.54) is 0 Å². The molecular formula is C20H18Cl2N6O. The Hall–Kier alpha value is -2.90. The van der Waals surface area contributed by atoms with Crippen LogP contribution in [0.3, 0.4) is 0 Å². The number of urea groups is 1. The van der Waals surface area contributed by atoms with Gasteiger partial charge in [-0.25, -0.2) is 4.79 Å². The van der Waals surface area contributed by atoms with Crippen molar-refractivity contribution in [3.05, 3.63) is 64.9 Å². The minimum Gasteiger partial charge on any atom is -0.352 e. The van der Waals surface area contributed by atoms with Gasteiger partial charge in [-0.2, -0.15) is 0 Å². The number of nitrogens with one attached hydrogen (secondary N) is 1. The Bertz CT molecular complexity index is 992. The lowest BCUT2D eigenvalue weighted by Crippen LogP contribution is -2.50. The standard InChI is InChI=1S/C20H18Cl2N6O/c21-15-1-2-16(22)18(13-15)24-20(29)28-11-9-27(10-12-28)19-4-3-17(25-26-19)14-5-7-23-8-6-14/h1-8,13H,9-12H2,(H,24,29). The molecule has 3 aromatic rings. The van der Waals surface area contributed by atoms with Crippen molar-refractivity contribution in [2.45, 2.75) is 0 Å². The van der Waals surface area contributed by atoms with E-state index in [0.717, 1.165) is 17.1 Å². The van der Waals surface area contributed by atoms with Crippen LogP contribution in [0.15, 0.2) is 54.9 Å². The predicted octanol–water partition coefficient (Wildman–Crippen LogP) is 4.20. The molecule has 0 spiro atoms. The number of hydrogen-bond acceptors (Lipinski definition) is 5. The molecule has 1 aliphatic rings. The Kier molecular flexibility index (Phi) is 5.78. The molecule has 29 heavy (non-hydrogen) atoms. The number of anilines is 2. The van der Waals surface area contributed by atoms with E-state index in [4.69, 9.17) is 23.2 Å². The molecule has 4 rings (SSSR count). The Morgan fingerprint density at radius 2 is 1.69 bits per heavy atom. The van der Waals surface area contributed by atoms with Gasteiger partial charge in [0.25, 0.3) is 0 Å². The van der Waals surface area contributed by atoms with Crippen molar-refractivity contribution in [1.29, 1.82) is 0 Å². The molecular weight excluding hydrogens is 411 g/mol. The Morgan fingerprint density at radius 1 is 0.931 bits per heavy atom. The van der Waals surface area contributed by atoms with Gasteiger partial charge < -0.3 is 15.1 Å². The first-order valence-corrected chi connectivity index (χ1v) is 9.86. The molecule has 0 saturated carbocycles. The van der Waals surface area contributed by atoms with E-state index in [1.807, 2.05) is 24.3 Å². The van der Waals surface area contributed by atoms with Crippen molar-refractivity contribution < 1.29 is 4.79 Å². The molecule has 0 atom stereocenters. The van der Waals surface area contributed by atoms with Gasteiger partial charge in [-0.3, -0.25) is 4.98 Å². The van der Waals surface area contributed by atoms with Gasteiger partial charge >= 0.3 is 6.03 Å². The fourth-order valence-electron chi connectivity index (χ4n) is 3.10. The van der Waals surface area contributed by atoms with Crippen LogP contribution in [0.5, 0.6) is 0 Å². The largest absolute Gasteiger partial charge is 0.352 e. The zero-order valence-electron chi connectivity index (χ0n) is 15.4. The van der Waals surface area contributed by atoms with Crippen molar-refractivity contribution >= 4 is 40.7 Å². The summed E-state index contributed by atoms with van der Waals surface area (Å²) in [6.45, 7) is 2.47. The monoisotopic (exact) mass is 428 g/mol. The highest BCUT2D eigenvalue weighted by Crippen LogP contribution is 2.26. The zero-order chi connectivity index (χ0) is 20.2. The van der Waals surface area contributed by atoms with Crippen LogP contribution in [0.25, 0.3) is 11.3 Å². The maximum atomic E-state index is 12.5. The number of carbonyl (C=O) groups excluding carboxylic acids is 1. The zero-order valence-corrected chi connectivity index (χ0v) is 16.9. The van der Waals surface area contributed by atoms with Gasteiger partial charge in [0.1, 0.15) is 0 Å². The number of benzene rings is 1. The minimum absolute atomic E-state index is 0.201. The molecule has 0 unspecified atom stereocenters. The van der Waals surface area contributed by atoms with E-state index in [9.17, 15) is 4.79 Å². The summed E-state index contributed by atoms with van der Waals surface area (Å²) in [6, 6.07) is 12.5. The van der Waals surface area contributed by atoms with Crippen LogP contribution >= 0.6 is 23.2 Å². The number of pyridine rings is 1. The molecule has 2 amide bonds. The Balaban J connectivity index is 1.35. The molecule has 1 aromatic carbocycles. The number of carbonyl (C=O) groups is 1. The molecule has 0 bridgehead atoms. The third-order valence-corrected chi connectivity index (χ3v) is 5.25. The number of piperazine rings is 1. The second kappa shape index (κ2) is 8.63. The van der Waals surface area contributed by atoms with Gasteiger partial charge in [-0.1, -0.05) is 23.2 Å². The molecule has 7 nitrogen and oxygen atoms in total. The summed E-state index contributed by atoms with van der Waals surface area (Å²) in [7, 11) is 0. The molecule has 2 aromatic heterocycles. The number of hydrogen-bond donors (Lipinski definition) is 1. The summed E-state index contributed by atoms with van der Waals surface area (Å²) < 4.78 is 0. The Labute approximate surface area is 178 Å². The SMILES string of the molecule is O=C(Nc1cc(Cl)ccc1Cl)N1CCN(c2ccc(-c3ccncc3)nn2)CC1. The van der Waals surface area contributed by atoms with Crippen LogP contribution in [0.4, 0.5) is 16.3 Å². The lowest BCUT2D eigenvalue weighted by molar-refractivity contribution is 0.208. The van der Waals surface area contributed by atoms with Crippen LogP contribution < -0.4 is 10.2 Å². The molecule has 1 N–H and O–H groups in total. The average molecular weight is 429 g/mol. The van der Waals surface area contributed by atoms with Crippen molar-refractivity contribution in [2.24, 2.45) is 0 Å². The normalized spacial score (nSPS) is 14.0. The predicted molar refractivity (Wildman–Crippen MR) is 115 cm³/mol. The molecule has 9 heteroatoms. The van der Waals surface area contributed by atoms with E-state index in [2.05, 4.69) is 25.4 Å². The molecule has 0 aliphatic carbocycles. The van der Waals surface area contributed by atoms with Crippen LogP contribution in [-0.4, -0.2) is 52.3 Å². The number of amides is 2. The smallest absolute Gasteiger partial charge is 0.322 e. The van der Waals surface area contributed by atoms with E-state index in [1.54, 1.807) is 35.5 Å². The van der Waals surface area contributed by atoms with E-state index in [0.29, 0.717) is 41.9 Å². The first kappa shape index (κ1) is 19.4. The summed E-state index contributed by atoms with van der Waals surface area (Å²) in [5, 5.41) is 12.4. The first-order valence-electron chi connectivity index (χ1n) is 9.10. The summed E-state index contributed by atoms with van der Waals surface area (Å²) in [5.41, 5.74) is 2.27. The molecule has 1 aliphatic heterocycles. The summed E-state index contributed by atoms with van der Waals surface area (Å²) in [6.07, 6.45) is 3.46. The van der Waals surface area contributed by atoms with Crippen molar-refractivity contribution in [1.82, 2.24) is 20.1 Å². The molecule has 1 saturated heterocycles. The molecule has 3 heterocycles. The van der Waals surface area contributed by atoms with Gasteiger partial charge in [0.15, 0.2) is 5.82 Å². The highest BCUT2D eigenvalue weighted by Gasteiger charge is 2.22. The molecule has 0 radical (unpaired) electrons. The second-order valence-electron chi connectivity index (χ2n) is 6.54. The first-order chi connectivity index (χ1) is 14.1. The van der Waals surface area contributed by atoms with Crippen LogP contribution in [0.1, 0.15) is 0 Å². The maximum Gasteiger partial charge on any atom is 0.322 e. The van der Waals surface area contributed by atoms with Gasteiger partial charge in [0.05, 0.1) is 16.4 Å². The lowest BCUT2D eigenvalue weighted by atomic mass is 10.2. The Morgan fingerprint density at radius 3 is 2.38 bits per heavy atom. The van der Waals surface area contributed by atoms with Crippen molar-refractivity contribution in [3.63, 3.8) is 0 Å². The van der Waals surface area contributed by atoms with Crippen molar-refractivity contribution in [3.8, 4) is 11.3 Å². The highest BCUT2D eigenvalue weighted by molar-refractivity contribution is 6.35. The number of halogens is 2.